The molecular formula is C16H16ClNO2. The van der Waals surface area contributed by atoms with Crippen LogP contribution in [0, 0.1) is 6.92 Å². The van der Waals surface area contributed by atoms with Crippen molar-refractivity contribution in [3.63, 3.8) is 0 Å². The predicted octanol–water partition coefficient (Wildman–Crippen LogP) is 3.11. The number of aliphatic hydroxyl groups excluding tert-OH is 1. The molecule has 0 spiro atoms. The number of rotatable bonds is 4. The van der Waals surface area contributed by atoms with E-state index in [2.05, 4.69) is 5.32 Å². The number of aliphatic hydroxyl groups is 1. The largest absolute Gasteiger partial charge is 0.387 e. The summed E-state index contributed by atoms with van der Waals surface area (Å²) in [7, 11) is 0. The highest BCUT2D eigenvalue weighted by Gasteiger charge is 2.12. The molecule has 104 valence electrons. The van der Waals surface area contributed by atoms with E-state index in [4.69, 9.17) is 11.6 Å². The number of hydrogen-bond donors (Lipinski definition) is 2. The topological polar surface area (TPSA) is 49.3 Å². The van der Waals surface area contributed by atoms with E-state index in [9.17, 15) is 9.90 Å². The number of carbonyl (C=O) groups excluding carboxylic acids is 1. The number of benzene rings is 2. The first kappa shape index (κ1) is 14.6. The fraction of sp³-hybridized carbons (Fsp3) is 0.188. The summed E-state index contributed by atoms with van der Waals surface area (Å²) in [6, 6.07) is 14.3. The van der Waals surface area contributed by atoms with Crippen molar-refractivity contribution in [3.05, 3.63) is 70.2 Å². The molecule has 0 radical (unpaired) electrons. The summed E-state index contributed by atoms with van der Waals surface area (Å²) < 4.78 is 0. The van der Waals surface area contributed by atoms with Crippen molar-refractivity contribution in [1.82, 2.24) is 5.32 Å². The fourth-order valence-electron chi connectivity index (χ4n) is 1.99. The molecule has 20 heavy (non-hydrogen) atoms. The Morgan fingerprint density at radius 1 is 1.25 bits per heavy atom. The molecule has 2 aromatic carbocycles. The van der Waals surface area contributed by atoms with Crippen molar-refractivity contribution >= 4 is 17.5 Å². The molecule has 0 aliphatic heterocycles. The molecule has 2 rings (SSSR count). The average molecular weight is 290 g/mol. The number of carbonyl (C=O) groups is 1. The standard InChI is InChI=1S/C16H16ClNO2/c1-11-5-2-3-8-14(11)15(19)10-18-16(20)12-6-4-7-13(17)9-12/h2-9,15,19H,10H2,1H3,(H,18,20). The number of hydrogen-bond acceptors (Lipinski definition) is 2. The van der Waals surface area contributed by atoms with Crippen LogP contribution in [-0.4, -0.2) is 17.6 Å². The smallest absolute Gasteiger partial charge is 0.251 e. The molecule has 1 atom stereocenters. The molecule has 0 aliphatic rings. The van der Waals surface area contributed by atoms with E-state index in [1.807, 2.05) is 31.2 Å². The van der Waals surface area contributed by atoms with Gasteiger partial charge in [-0.05, 0) is 36.2 Å². The molecule has 0 aliphatic carbocycles. The quantitative estimate of drug-likeness (QED) is 0.908. The fourth-order valence-corrected chi connectivity index (χ4v) is 2.18. The first-order chi connectivity index (χ1) is 9.58. The highest BCUT2D eigenvalue weighted by atomic mass is 35.5. The lowest BCUT2D eigenvalue weighted by Gasteiger charge is -2.14. The number of aryl methyl sites for hydroxylation is 1. The predicted molar refractivity (Wildman–Crippen MR) is 79.9 cm³/mol. The van der Waals surface area contributed by atoms with Gasteiger partial charge in [0, 0.05) is 17.1 Å². The Hall–Kier alpha value is -1.84. The van der Waals surface area contributed by atoms with Gasteiger partial charge in [-0.25, -0.2) is 0 Å². The van der Waals surface area contributed by atoms with Gasteiger partial charge < -0.3 is 10.4 Å². The van der Waals surface area contributed by atoms with Gasteiger partial charge in [-0.3, -0.25) is 4.79 Å². The van der Waals surface area contributed by atoms with Crippen LogP contribution in [0.5, 0.6) is 0 Å². The van der Waals surface area contributed by atoms with Crippen molar-refractivity contribution < 1.29 is 9.90 Å². The molecule has 0 fully saturated rings. The number of halogens is 1. The third-order valence-corrected chi connectivity index (χ3v) is 3.33. The zero-order valence-electron chi connectivity index (χ0n) is 11.1. The molecule has 4 heteroatoms. The lowest BCUT2D eigenvalue weighted by Crippen LogP contribution is -2.28. The highest BCUT2D eigenvalue weighted by molar-refractivity contribution is 6.30. The summed E-state index contributed by atoms with van der Waals surface area (Å²) in [6.45, 7) is 2.09. The second-order valence-corrected chi connectivity index (χ2v) is 5.03. The van der Waals surface area contributed by atoms with E-state index in [0.29, 0.717) is 10.6 Å². The van der Waals surface area contributed by atoms with Crippen LogP contribution in [0.25, 0.3) is 0 Å². The molecular weight excluding hydrogens is 274 g/mol. The molecule has 0 heterocycles. The molecule has 0 aromatic heterocycles. The van der Waals surface area contributed by atoms with E-state index >= 15 is 0 Å². The monoisotopic (exact) mass is 289 g/mol. The Bertz CT molecular complexity index is 613. The molecule has 2 aromatic rings. The second kappa shape index (κ2) is 6.55. The summed E-state index contributed by atoms with van der Waals surface area (Å²) in [5.41, 5.74) is 2.30. The average Bonchev–Trinajstić information content (AvgIpc) is 2.45. The normalized spacial score (nSPS) is 11.9. The van der Waals surface area contributed by atoms with E-state index in [0.717, 1.165) is 11.1 Å². The molecule has 2 N–H and O–H groups in total. The Balaban J connectivity index is 1.99. The van der Waals surface area contributed by atoms with Crippen LogP contribution in [0.15, 0.2) is 48.5 Å². The van der Waals surface area contributed by atoms with Crippen molar-refractivity contribution in [2.24, 2.45) is 0 Å². The van der Waals surface area contributed by atoms with E-state index in [1.54, 1.807) is 24.3 Å². The van der Waals surface area contributed by atoms with Crippen LogP contribution in [0.2, 0.25) is 5.02 Å². The van der Waals surface area contributed by atoms with Crippen LogP contribution in [0.1, 0.15) is 27.6 Å². The van der Waals surface area contributed by atoms with Crippen LogP contribution in [-0.2, 0) is 0 Å². The zero-order chi connectivity index (χ0) is 14.5. The zero-order valence-corrected chi connectivity index (χ0v) is 11.9. The van der Waals surface area contributed by atoms with E-state index in [-0.39, 0.29) is 12.5 Å². The van der Waals surface area contributed by atoms with Crippen molar-refractivity contribution in [1.29, 1.82) is 0 Å². The third kappa shape index (κ3) is 3.59. The van der Waals surface area contributed by atoms with Gasteiger partial charge in [0.05, 0.1) is 6.10 Å². The molecule has 3 nitrogen and oxygen atoms in total. The maximum atomic E-state index is 11.9. The van der Waals surface area contributed by atoms with Gasteiger partial charge >= 0.3 is 0 Å². The molecule has 1 unspecified atom stereocenters. The Morgan fingerprint density at radius 3 is 2.70 bits per heavy atom. The minimum atomic E-state index is -0.723. The Labute approximate surface area is 123 Å². The summed E-state index contributed by atoms with van der Waals surface area (Å²) >= 11 is 5.84. The first-order valence-corrected chi connectivity index (χ1v) is 6.73. The van der Waals surface area contributed by atoms with Crippen LogP contribution < -0.4 is 5.32 Å². The van der Waals surface area contributed by atoms with Crippen molar-refractivity contribution in [2.75, 3.05) is 6.54 Å². The van der Waals surface area contributed by atoms with Gasteiger partial charge in [0.15, 0.2) is 0 Å². The highest BCUT2D eigenvalue weighted by Crippen LogP contribution is 2.16. The maximum absolute atomic E-state index is 11.9. The molecule has 0 bridgehead atoms. The van der Waals surface area contributed by atoms with Gasteiger partial charge in [0.1, 0.15) is 0 Å². The summed E-state index contributed by atoms with van der Waals surface area (Å²) in [5.74, 6) is -0.250. The van der Waals surface area contributed by atoms with Crippen molar-refractivity contribution in [3.8, 4) is 0 Å². The van der Waals surface area contributed by atoms with E-state index < -0.39 is 6.10 Å². The van der Waals surface area contributed by atoms with Gasteiger partial charge in [0.25, 0.3) is 5.91 Å². The van der Waals surface area contributed by atoms with E-state index in [1.165, 1.54) is 0 Å². The van der Waals surface area contributed by atoms with Gasteiger partial charge in [-0.2, -0.15) is 0 Å². The third-order valence-electron chi connectivity index (χ3n) is 3.09. The summed E-state index contributed by atoms with van der Waals surface area (Å²) in [4.78, 5) is 11.9. The Morgan fingerprint density at radius 2 is 2.00 bits per heavy atom. The van der Waals surface area contributed by atoms with Crippen LogP contribution in [0.3, 0.4) is 0 Å². The van der Waals surface area contributed by atoms with Crippen LogP contribution in [0.4, 0.5) is 0 Å². The van der Waals surface area contributed by atoms with Crippen molar-refractivity contribution in [2.45, 2.75) is 13.0 Å². The first-order valence-electron chi connectivity index (χ1n) is 6.35. The maximum Gasteiger partial charge on any atom is 0.251 e. The second-order valence-electron chi connectivity index (χ2n) is 4.59. The SMILES string of the molecule is Cc1ccccc1C(O)CNC(=O)c1cccc(Cl)c1. The molecule has 0 saturated heterocycles. The molecule has 0 saturated carbocycles. The van der Waals surface area contributed by atoms with Crippen LogP contribution >= 0.6 is 11.6 Å². The van der Waals surface area contributed by atoms with Gasteiger partial charge in [-0.1, -0.05) is 41.9 Å². The van der Waals surface area contributed by atoms with Gasteiger partial charge in [0.2, 0.25) is 0 Å². The van der Waals surface area contributed by atoms with Gasteiger partial charge in [-0.15, -0.1) is 0 Å². The lowest BCUT2D eigenvalue weighted by atomic mass is 10.0. The summed E-state index contributed by atoms with van der Waals surface area (Å²) in [5, 5.41) is 13.3. The number of nitrogens with one attached hydrogen (secondary N) is 1. The molecule has 1 amide bonds. The lowest BCUT2D eigenvalue weighted by molar-refractivity contribution is 0.0916. The Kier molecular flexibility index (Phi) is 4.77. The minimum absolute atomic E-state index is 0.163. The number of amides is 1. The summed E-state index contributed by atoms with van der Waals surface area (Å²) in [6.07, 6.45) is -0.723. The minimum Gasteiger partial charge on any atom is -0.387 e.